The molecule has 0 aliphatic heterocycles. The lowest BCUT2D eigenvalue weighted by Crippen LogP contribution is -2.10. The molecule has 1 amide bonds. The first-order valence-electron chi connectivity index (χ1n) is 7.23. The monoisotopic (exact) mass is 428 g/mol. The summed E-state index contributed by atoms with van der Waals surface area (Å²) in [6.07, 6.45) is 1.01. The summed E-state index contributed by atoms with van der Waals surface area (Å²) in [5.74, 6) is -0.662. The third kappa shape index (κ3) is 4.47. The van der Waals surface area contributed by atoms with Crippen molar-refractivity contribution in [2.75, 3.05) is 11.6 Å². The van der Waals surface area contributed by atoms with Crippen LogP contribution in [0.5, 0.6) is 0 Å². The lowest BCUT2D eigenvalue weighted by Gasteiger charge is -2.07. The Morgan fingerprint density at radius 1 is 1.31 bits per heavy atom. The number of rotatable bonds is 5. The number of nitrogens with zero attached hydrogens (tertiary/aromatic N) is 1. The van der Waals surface area contributed by atoms with E-state index in [2.05, 4.69) is 10.3 Å². The molecule has 0 unspecified atom stereocenters. The van der Waals surface area contributed by atoms with Crippen molar-refractivity contribution in [3.8, 4) is 0 Å². The van der Waals surface area contributed by atoms with Gasteiger partial charge in [0.25, 0.3) is 5.91 Å². The first-order chi connectivity index (χ1) is 12.2. The summed E-state index contributed by atoms with van der Waals surface area (Å²) < 4.78 is 28.8. The number of furan rings is 1. The molecule has 0 bridgehead atoms. The van der Waals surface area contributed by atoms with Gasteiger partial charge in [-0.25, -0.2) is 13.4 Å². The number of anilines is 1. The molecule has 26 heavy (non-hydrogen) atoms. The van der Waals surface area contributed by atoms with Crippen LogP contribution in [0.4, 0.5) is 5.69 Å². The van der Waals surface area contributed by atoms with Crippen LogP contribution in [0.25, 0.3) is 0 Å². The number of carbonyl (C=O) groups excluding carboxylic acids is 1. The molecule has 0 fully saturated rings. The van der Waals surface area contributed by atoms with E-state index < -0.39 is 15.7 Å². The van der Waals surface area contributed by atoms with E-state index in [1.807, 2.05) is 12.3 Å². The number of thiazole rings is 1. The molecular formula is C16H13ClN2O4S3. The number of halogens is 1. The number of nitrogens with one attached hydrogen (secondary N) is 1. The molecule has 3 aromatic rings. The van der Waals surface area contributed by atoms with Crippen molar-refractivity contribution in [3.63, 3.8) is 0 Å². The topological polar surface area (TPSA) is 89.3 Å². The third-order valence-electron chi connectivity index (χ3n) is 3.16. The summed E-state index contributed by atoms with van der Waals surface area (Å²) in [6, 6.07) is 7.65. The molecule has 2 heterocycles. The number of aromatic nitrogens is 1. The smallest absolute Gasteiger partial charge is 0.291 e. The zero-order valence-corrected chi connectivity index (χ0v) is 16.9. The molecule has 0 spiro atoms. The zero-order valence-electron chi connectivity index (χ0n) is 13.6. The highest BCUT2D eigenvalue weighted by Gasteiger charge is 2.17. The van der Waals surface area contributed by atoms with Crippen molar-refractivity contribution in [2.45, 2.75) is 21.3 Å². The number of hydrogen-bond acceptors (Lipinski definition) is 7. The Kier molecular flexibility index (Phi) is 5.42. The van der Waals surface area contributed by atoms with E-state index in [1.54, 1.807) is 18.2 Å². The normalized spacial score (nSPS) is 11.5. The van der Waals surface area contributed by atoms with Crippen LogP contribution >= 0.6 is 34.7 Å². The van der Waals surface area contributed by atoms with E-state index in [1.165, 1.54) is 35.2 Å². The fourth-order valence-corrected chi connectivity index (χ4v) is 4.62. The quantitative estimate of drug-likeness (QED) is 0.643. The van der Waals surface area contributed by atoms with Gasteiger partial charge in [0, 0.05) is 27.9 Å². The van der Waals surface area contributed by atoms with Gasteiger partial charge in [-0.15, -0.1) is 11.3 Å². The molecule has 0 atom stereocenters. The Labute approximate surface area is 163 Å². The molecule has 10 heteroatoms. The van der Waals surface area contributed by atoms with Gasteiger partial charge in [-0.05, 0) is 37.3 Å². The van der Waals surface area contributed by atoms with E-state index in [0.717, 1.165) is 21.2 Å². The van der Waals surface area contributed by atoms with Crippen molar-refractivity contribution < 1.29 is 17.6 Å². The van der Waals surface area contributed by atoms with Crippen LogP contribution in [0, 0.1) is 6.92 Å². The van der Waals surface area contributed by atoms with Crippen LogP contribution < -0.4 is 5.32 Å². The molecule has 0 aliphatic carbocycles. The Balaban J connectivity index is 1.73. The Bertz CT molecular complexity index is 1070. The maximum absolute atomic E-state index is 12.2. The lowest BCUT2D eigenvalue weighted by atomic mass is 10.3. The molecule has 1 aromatic carbocycles. The molecule has 0 aliphatic rings. The van der Waals surface area contributed by atoms with E-state index in [4.69, 9.17) is 16.0 Å². The van der Waals surface area contributed by atoms with E-state index >= 15 is 0 Å². The summed E-state index contributed by atoms with van der Waals surface area (Å²) in [6.45, 7) is 1.92. The van der Waals surface area contributed by atoms with Crippen LogP contribution in [-0.2, 0) is 9.84 Å². The minimum atomic E-state index is -3.50. The maximum Gasteiger partial charge on any atom is 0.291 e. The highest BCUT2D eigenvalue weighted by Crippen LogP contribution is 2.36. The highest BCUT2D eigenvalue weighted by molar-refractivity contribution is 8.01. The van der Waals surface area contributed by atoms with Gasteiger partial charge in [-0.1, -0.05) is 23.4 Å². The van der Waals surface area contributed by atoms with Crippen LogP contribution in [0.3, 0.4) is 0 Å². The van der Waals surface area contributed by atoms with Crippen molar-refractivity contribution in [1.82, 2.24) is 4.98 Å². The number of aryl methyl sites for hydroxylation is 1. The first-order valence-corrected chi connectivity index (χ1v) is 11.2. The molecule has 3 rings (SSSR count). The van der Waals surface area contributed by atoms with E-state index in [9.17, 15) is 13.2 Å². The Morgan fingerprint density at radius 3 is 2.65 bits per heavy atom. The van der Waals surface area contributed by atoms with E-state index in [0.29, 0.717) is 10.7 Å². The summed E-state index contributed by atoms with van der Waals surface area (Å²) in [5, 5.41) is 4.79. The fourth-order valence-electron chi connectivity index (χ4n) is 1.97. The molecular weight excluding hydrogens is 416 g/mol. The number of hydrogen-bond donors (Lipinski definition) is 1. The molecule has 2 aromatic heterocycles. The molecule has 0 saturated carbocycles. The Morgan fingerprint density at radius 2 is 2.08 bits per heavy atom. The standard InChI is InChI=1S/C16H13ClN2O4S3/c1-9-8-24-16(18-9)25-13-5-3-10(7-11(13)17)19-15(20)12-4-6-14(23-12)26(2,21)22/h3-8H,1-2H3,(H,19,20). The van der Waals surface area contributed by atoms with Crippen molar-refractivity contribution in [2.24, 2.45) is 0 Å². The number of sulfone groups is 1. The Hall–Kier alpha value is -1.81. The van der Waals surface area contributed by atoms with Gasteiger partial charge < -0.3 is 9.73 Å². The summed E-state index contributed by atoms with van der Waals surface area (Å²) in [7, 11) is -3.50. The largest absolute Gasteiger partial charge is 0.440 e. The fraction of sp³-hybridized carbons (Fsp3) is 0.125. The number of carbonyl (C=O) groups is 1. The first kappa shape index (κ1) is 19.0. The van der Waals surface area contributed by atoms with Crippen LogP contribution in [0.15, 0.2) is 54.5 Å². The van der Waals surface area contributed by atoms with Crippen molar-refractivity contribution in [1.29, 1.82) is 0 Å². The van der Waals surface area contributed by atoms with Crippen molar-refractivity contribution >= 4 is 56.1 Å². The van der Waals surface area contributed by atoms with Gasteiger partial charge in [0.1, 0.15) is 0 Å². The second-order valence-electron chi connectivity index (χ2n) is 5.35. The minimum absolute atomic E-state index is 0.0988. The second kappa shape index (κ2) is 7.43. The van der Waals surface area contributed by atoms with Crippen LogP contribution in [-0.4, -0.2) is 25.6 Å². The maximum atomic E-state index is 12.2. The zero-order chi connectivity index (χ0) is 18.9. The second-order valence-corrected chi connectivity index (χ2v) is 9.85. The predicted molar refractivity (Wildman–Crippen MR) is 102 cm³/mol. The van der Waals surface area contributed by atoms with E-state index in [-0.39, 0.29) is 10.9 Å². The molecule has 0 saturated heterocycles. The van der Waals surface area contributed by atoms with Crippen LogP contribution in [0.2, 0.25) is 5.02 Å². The minimum Gasteiger partial charge on any atom is -0.440 e. The van der Waals surface area contributed by atoms with Crippen LogP contribution in [0.1, 0.15) is 16.2 Å². The molecule has 0 radical (unpaired) electrons. The summed E-state index contributed by atoms with van der Waals surface area (Å²) in [5.41, 5.74) is 1.42. The van der Waals surface area contributed by atoms with Gasteiger partial charge in [0.15, 0.2) is 10.1 Å². The van der Waals surface area contributed by atoms with Gasteiger partial charge in [-0.2, -0.15) is 0 Å². The number of amides is 1. The average Bonchev–Trinajstić information content (AvgIpc) is 3.19. The average molecular weight is 429 g/mol. The SMILES string of the molecule is Cc1csc(Sc2ccc(NC(=O)c3ccc(S(C)(=O)=O)o3)cc2Cl)n1. The van der Waals surface area contributed by atoms with Gasteiger partial charge in [0.05, 0.1) is 5.02 Å². The van der Waals surface area contributed by atoms with Gasteiger partial charge in [0.2, 0.25) is 14.9 Å². The summed E-state index contributed by atoms with van der Waals surface area (Å²) >= 11 is 9.26. The number of benzene rings is 1. The van der Waals surface area contributed by atoms with Gasteiger partial charge >= 0.3 is 0 Å². The molecule has 6 nitrogen and oxygen atoms in total. The van der Waals surface area contributed by atoms with Crippen molar-refractivity contribution in [3.05, 3.63) is 52.2 Å². The third-order valence-corrected chi connectivity index (χ3v) is 6.66. The predicted octanol–water partition coefficient (Wildman–Crippen LogP) is 4.50. The lowest BCUT2D eigenvalue weighted by molar-refractivity contribution is 0.0991. The summed E-state index contributed by atoms with van der Waals surface area (Å²) in [4.78, 5) is 17.4. The highest BCUT2D eigenvalue weighted by atomic mass is 35.5. The van der Waals surface area contributed by atoms with Gasteiger partial charge in [-0.3, -0.25) is 4.79 Å². The molecule has 1 N–H and O–H groups in total. The molecule has 136 valence electrons.